The highest BCUT2D eigenvalue weighted by Gasteiger charge is 2.54. The molecule has 0 aliphatic carbocycles. The number of nitrogens with two attached hydrogens (primary N) is 1. The first-order valence-corrected chi connectivity index (χ1v) is 6.45. The molecule has 2 amide bonds. The summed E-state index contributed by atoms with van der Waals surface area (Å²) in [4.78, 5) is 17.5. The van der Waals surface area contributed by atoms with Crippen molar-refractivity contribution in [3.63, 3.8) is 0 Å². The molecule has 0 aromatic carbocycles. The van der Waals surface area contributed by atoms with E-state index in [-0.39, 0.29) is 11.6 Å². The third kappa shape index (κ3) is 1.36. The molecule has 5 heteroatoms. The fraction of sp³-hybridized carbons (Fsp3) is 0.800. The molecule has 4 nitrogen and oxygen atoms in total. The van der Waals surface area contributed by atoms with Crippen molar-refractivity contribution in [1.29, 1.82) is 0 Å². The van der Waals surface area contributed by atoms with E-state index in [1.54, 1.807) is 0 Å². The molecule has 0 radical (unpaired) electrons. The zero-order valence-corrected chi connectivity index (χ0v) is 10.0. The van der Waals surface area contributed by atoms with Crippen LogP contribution < -0.4 is 5.73 Å². The first-order chi connectivity index (χ1) is 7.13. The van der Waals surface area contributed by atoms with Crippen LogP contribution in [0.5, 0.6) is 0 Å². The van der Waals surface area contributed by atoms with Crippen LogP contribution in [-0.2, 0) is 0 Å². The molecule has 84 valence electrons. The van der Waals surface area contributed by atoms with Crippen LogP contribution in [0.4, 0.5) is 4.79 Å². The van der Waals surface area contributed by atoms with Crippen molar-refractivity contribution in [1.82, 2.24) is 4.90 Å². The number of amidine groups is 1. The summed E-state index contributed by atoms with van der Waals surface area (Å²) in [5, 5.41) is 0.360. The van der Waals surface area contributed by atoms with Gasteiger partial charge in [0.15, 0.2) is 0 Å². The van der Waals surface area contributed by atoms with Crippen molar-refractivity contribution in [3.8, 4) is 0 Å². The van der Waals surface area contributed by atoms with Gasteiger partial charge in [0.25, 0.3) is 0 Å². The summed E-state index contributed by atoms with van der Waals surface area (Å²) in [5.74, 6) is 1.59. The monoisotopic (exact) mass is 227 g/mol. The number of carbonyl (C=O) groups is 1. The van der Waals surface area contributed by atoms with Crippen LogP contribution in [-0.4, -0.2) is 39.9 Å². The number of thioether (sulfide) groups is 1. The Morgan fingerprint density at radius 1 is 1.73 bits per heavy atom. The third-order valence-electron chi connectivity index (χ3n) is 3.34. The Kier molecular flexibility index (Phi) is 2.66. The minimum atomic E-state index is -0.280. The number of hydrogen-bond donors (Lipinski definition) is 1. The standard InChI is InChI=1S/C10H17N3OS/c1-3-5-13-9(14)12-8(11)10(13)4-6-15-7(10)2/h7H,3-6H2,1-2H3,(H2,11,12,14). The predicted octanol–water partition coefficient (Wildman–Crippen LogP) is 1.45. The first-order valence-electron chi connectivity index (χ1n) is 5.40. The van der Waals surface area contributed by atoms with Crippen molar-refractivity contribution in [2.24, 2.45) is 10.7 Å². The van der Waals surface area contributed by atoms with Crippen molar-refractivity contribution >= 4 is 23.6 Å². The van der Waals surface area contributed by atoms with Crippen molar-refractivity contribution < 1.29 is 4.79 Å². The van der Waals surface area contributed by atoms with E-state index in [0.29, 0.717) is 11.1 Å². The van der Waals surface area contributed by atoms with Gasteiger partial charge in [0.2, 0.25) is 0 Å². The molecule has 0 bridgehead atoms. The number of rotatable bonds is 2. The lowest BCUT2D eigenvalue weighted by atomic mass is 9.90. The molecule has 0 saturated carbocycles. The van der Waals surface area contributed by atoms with Gasteiger partial charge in [-0.05, 0) is 18.6 Å². The molecule has 0 aromatic rings. The topological polar surface area (TPSA) is 58.7 Å². The fourth-order valence-electron chi connectivity index (χ4n) is 2.51. The molecule has 2 aliphatic rings. The van der Waals surface area contributed by atoms with Crippen molar-refractivity contribution in [2.75, 3.05) is 12.3 Å². The SMILES string of the molecule is CCCN1C(=O)N=C(N)C12CCSC2C. The minimum Gasteiger partial charge on any atom is -0.385 e. The lowest BCUT2D eigenvalue weighted by Gasteiger charge is -2.37. The van der Waals surface area contributed by atoms with Gasteiger partial charge in [0.05, 0.1) is 0 Å². The average molecular weight is 227 g/mol. The molecule has 1 spiro atoms. The van der Waals surface area contributed by atoms with Crippen LogP contribution in [0.1, 0.15) is 26.7 Å². The normalized spacial score (nSPS) is 35.3. The Morgan fingerprint density at radius 2 is 2.47 bits per heavy atom. The summed E-state index contributed by atoms with van der Waals surface area (Å²) < 4.78 is 0. The van der Waals surface area contributed by atoms with Crippen LogP contribution in [0.25, 0.3) is 0 Å². The highest BCUT2D eigenvalue weighted by Crippen LogP contribution is 2.43. The number of aliphatic imine (C=N–C) groups is 1. The Hall–Kier alpha value is -0.710. The van der Waals surface area contributed by atoms with Gasteiger partial charge in [-0.2, -0.15) is 16.8 Å². The number of carbonyl (C=O) groups excluding carboxylic acids is 1. The summed E-state index contributed by atoms with van der Waals surface area (Å²) in [6.45, 7) is 4.97. The van der Waals surface area contributed by atoms with Crippen molar-refractivity contribution in [2.45, 2.75) is 37.5 Å². The maximum Gasteiger partial charge on any atom is 0.346 e. The molecule has 2 atom stereocenters. The Morgan fingerprint density at radius 3 is 3.00 bits per heavy atom. The zero-order chi connectivity index (χ0) is 11.1. The second-order valence-electron chi connectivity index (χ2n) is 4.12. The van der Waals surface area contributed by atoms with E-state index in [9.17, 15) is 4.79 Å². The lowest BCUT2D eigenvalue weighted by molar-refractivity contribution is 0.171. The number of amides is 2. The van der Waals surface area contributed by atoms with Crippen LogP contribution in [0.3, 0.4) is 0 Å². The van der Waals surface area contributed by atoms with E-state index < -0.39 is 0 Å². The van der Waals surface area contributed by atoms with Gasteiger partial charge < -0.3 is 10.6 Å². The molecule has 15 heavy (non-hydrogen) atoms. The fourth-order valence-corrected chi connectivity index (χ4v) is 3.94. The number of urea groups is 1. The summed E-state index contributed by atoms with van der Waals surface area (Å²) in [6.07, 6.45) is 1.90. The van der Waals surface area contributed by atoms with Gasteiger partial charge in [-0.3, -0.25) is 0 Å². The van der Waals surface area contributed by atoms with Gasteiger partial charge >= 0.3 is 6.03 Å². The predicted molar refractivity (Wildman–Crippen MR) is 63.3 cm³/mol. The Balaban J connectivity index is 2.34. The molecular weight excluding hydrogens is 210 g/mol. The van der Waals surface area contributed by atoms with E-state index in [4.69, 9.17) is 5.73 Å². The van der Waals surface area contributed by atoms with E-state index in [1.807, 2.05) is 16.7 Å². The molecule has 2 rings (SSSR count). The quantitative estimate of drug-likeness (QED) is 0.777. The Bertz CT molecular complexity index is 318. The first kappa shape index (κ1) is 10.8. The van der Waals surface area contributed by atoms with Crippen LogP contribution in [0.2, 0.25) is 0 Å². The van der Waals surface area contributed by atoms with Crippen molar-refractivity contribution in [3.05, 3.63) is 0 Å². The van der Waals surface area contributed by atoms with Gasteiger partial charge in [0, 0.05) is 11.8 Å². The zero-order valence-electron chi connectivity index (χ0n) is 9.19. The van der Waals surface area contributed by atoms with Gasteiger partial charge in [-0.15, -0.1) is 0 Å². The summed E-state index contributed by atoms with van der Waals surface area (Å²) in [6, 6.07) is -0.149. The summed E-state index contributed by atoms with van der Waals surface area (Å²) in [5.41, 5.74) is 5.67. The molecule has 0 aromatic heterocycles. The maximum atomic E-state index is 11.7. The van der Waals surface area contributed by atoms with E-state index >= 15 is 0 Å². The highest BCUT2D eigenvalue weighted by molar-refractivity contribution is 8.00. The largest absolute Gasteiger partial charge is 0.385 e. The average Bonchev–Trinajstić information content (AvgIpc) is 2.66. The molecule has 2 unspecified atom stereocenters. The maximum absolute atomic E-state index is 11.7. The Labute approximate surface area is 94.3 Å². The highest BCUT2D eigenvalue weighted by atomic mass is 32.2. The molecule has 2 aliphatic heterocycles. The second-order valence-corrected chi connectivity index (χ2v) is 5.57. The van der Waals surface area contributed by atoms with Gasteiger partial charge in [-0.25, -0.2) is 4.79 Å². The molecule has 1 saturated heterocycles. The van der Waals surface area contributed by atoms with Crippen LogP contribution in [0, 0.1) is 0 Å². The molecule has 2 N–H and O–H groups in total. The van der Waals surface area contributed by atoms with E-state index in [0.717, 1.165) is 25.1 Å². The van der Waals surface area contributed by atoms with Crippen LogP contribution >= 0.6 is 11.8 Å². The molecule has 2 heterocycles. The summed E-state index contributed by atoms with van der Waals surface area (Å²) >= 11 is 1.87. The lowest BCUT2D eigenvalue weighted by Crippen LogP contribution is -2.57. The second kappa shape index (κ2) is 3.70. The third-order valence-corrected chi connectivity index (χ3v) is 4.67. The minimum absolute atomic E-state index is 0.149. The van der Waals surface area contributed by atoms with Crippen LogP contribution in [0.15, 0.2) is 4.99 Å². The van der Waals surface area contributed by atoms with Gasteiger partial charge in [-0.1, -0.05) is 13.8 Å². The number of hydrogen-bond acceptors (Lipinski definition) is 3. The van der Waals surface area contributed by atoms with E-state index in [2.05, 4.69) is 18.8 Å². The van der Waals surface area contributed by atoms with E-state index in [1.165, 1.54) is 0 Å². The molecular formula is C10H17N3OS. The summed E-state index contributed by atoms with van der Waals surface area (Å²) in [7, 11) is 0. The number of nitrogens with zero attached hydrogens (tertiary/aromatic N) is 2. The van der Waals surface area contributed by atoms with Gasteiger partial charge in [0.1, 0.15) is 11.4 Å². The molecule has 1 fully saturated rings. The smallest absolute Gasteiger partial charge is 0.346 e.